The van der Waals surface area contributed by atoms with Gasteiger partial charge >= 0.3 is 0 Å². The minimum atomic E-state index is -0.0536. The highest BCUT2D eigenvalue weighted by Crippen LogP contribution is 2.51. The molecule has 178 valence electrons. The van der Waals surface area contributed by atoms with E-state index in [4.69, 9.17) is 9.97 Å². The van der Waals surface area contributed by atoms with Gasteiger partial charge in [0.1, 0.15) is 5.52 Å². The topological polar surface area (TPSA) is 39.0 Å². The van der Waals surface area contributed by atoms with Gasteiger partial charge in [-0.05, 0) is 46.3 Å². The van der Waals surface area contributed by atoms with Gasteiger partial charge in [-0.2, -0.15) is 0 Å². The molecule has 1 aliphatic carbocycles. The van der Waals surface area contributed by atoms with E-state index in [1.165, 1.54) is 33.0 Å². The molecule has 4 aromatic heterocycles. The predicted molar refractivity (Wildman–Crippen MR) is 154 cm³/mol. The number of nitrogens with zero attached hydrogens (tertiary/aromatic N) is 5. The van der Waals surface area contributed by atoms with Crippen molar-refractivity contribution in [3.63, 3.8) is 0 Å². The van der Waals surface area contributed by atoms with Crippen molar-refractivity contribution in [2.45, 2.75) is 19.3 Å². The molecule has 38 heavy (non-hydrogen) atoms. The van der Waals surface area contributed by atoms with E-state index >= 15 is 0 Å². The average Bonchev–Trinajstić information content (AvgIpc) is 3.70. The number of fused-ring (bicyclic) bond motifs is 16. The van der Waals surface area contributed by atoms with Crippen LogP contribution in [0.4, 0.5) is 0 Å². The number of benzene rings is 5. The molecule has 5 nitrogen and oxygen atoms in total. The van der Waals surface area contributed by atoms with Crippen molar-refractivity contribution in [2.24, 2.45) is 0 Å². The van der Waals surface area contributed by atoms with Crippen LogP contribution in [0.1, 0.15) is 25.0 Å². The summed E-state index contributed by atoms with van der Waals surface area (Å²) in [6.07, 6.45) is 0. The molecule has 4 heterocycles. The Hall–Kier alpha value is -4.90. The molecule has 0 fully saturated rings. The molecule has 0 radical (unpaired) electrons. The molecule has 10 rings (SSSR count). The predicted octanol–water partition coefficient (Wildman–Crippen LogP) is 7.59. The van der Waals surface area contributed by atoms with Crippen LogP contribution in [-0.4, -0.2) is 23.2 Å². The first-order chi connectivity index (χ1) is 18.6. The van der Waals surface area contributed by atoms with Crippen molar-refractivity contribution in [3.8, 4) is 11.1 Å². The molecule has 0 N–H and O–H groups in total. The van der Waals surface area contributed by atoms with Crippen LogP contribution < -0.4 is 0 Å². The fourth-order valence-electron chi connectivity index (χ4n) is 7.31. The molecule has 0 saturated heterocycles. The van der Waals surface area contributed by atoms with Crippen LogP contribution in [0.2, 0.25) is 0 Å². The van der Waals surface area contributed by atoms with Gasteiger partial charge in [0.05, 0.1) is 33.1 Å². The second-order valence-corrected chi connectivity index (χ2v) is 11.2. The van der Waals surface area contributed by atoms with Gasteiger partial charge in [-0.3, -0.25) is 8.80 Å². The van der Waals surface area contributed by atoms with Crippen molar-refractivity contribution < 1.29 is 0 Å². The lowest BCUT2D eigenvalue weighted by molar-refractivity contribution is 0.661. The van der Waals surface area contributed by atoms with Crippen LogP contribution in [0.5, 0.6) is 0 Å². The van der Waals surface area contributed by atoms with Gasteiger partial charge in [-0.25, -0.2) is 14.4 Å². The molecule has 0 bridgehead atoms. The fourth-order valence-corrected chi connectivity index (χ4v) is 7.31. The van der Waals surface area contributed by atoms with E-state index in [1.807, 2.05) is 0 Å². The summed E-state index contributed by atoms with van der Waals surface area (Å²) in [5.74, 6) is 1.82. The lowest BCUT2D eigenvalue weighted by Crippen LogP contribution is -2.14. The molecule has 0 amide bonds. The van der Waals surface area contributed by atoms with Crippen molar-refractivity contribution in [1.29, 1.82) is 0 Å². The van der Waals surface area contributed by atoms with E-state index in [-0.39, 0.29) is 5.41 Å². The third-order valence-corrected chi connectivity index (χ3v) is 8.97. The normalized spacial score (nSPS) is 14.8. The summed E-state index contributed by atoms with van der Waals surface area (Å²) in [6.45, 7) is 4.64. The number of hydrogen-bond acceptors (Lipinski definition) is 2. The average molecular weight is 488 g/mol. The molecule has 9 aromatic rings. The molecular formula is C33H21N5. The van der Waals surface area contributed by atoms with Gasteiger partial charge < -0.3 is 0 Å². The Bertz CT molecular complexity index is 2480. The van der Waals surface area contributed by atoms with Crippen LogP contribution in [0, 0.1) is 0 Å². The van der Waals surface area contributed by atoms with E-state index in [2.05, 4.69) is 118 Å². The summed E-state index contributed by atoms with van der Waals surface area (Å²) >= 11 is 0. The summed E-state index contributed by atoms with van der Waals surface area (Å²) < 4.78 is 6.91. The first-order valence-electron chi connectivity index (χ1n) is 13.1. The van der Waals surface area contributed by atoms with Crippen LogP contribution >= 0.6 is 0 Å². The Kier molecular flexibility index (Phi) is 3.02. The highest BCUT2D eigenvalue weighted by Gasteiger charge is 2.37. The lowest BCUT2D eigenvalue weighted by Gasteiger charge is -2.21. The van der Waals surface area contributed by atoms with Gasteiger partial charge in [-0.15, -0.1) is 0 Å². The van der Waals surface area contributed by atoms with Gasteiger partial charge in [-0.1, -0.05) is 80.6 Å². The minimum Gasteiger partial charge on any atom is -0.276 e. The summed E-state index contributed by atoms with van der Waals surface area (Å²) in [7, 11) is 0. The monoisotopic (exact) mass is 487 g/mol. The van der Waals surface area contributed by atoms with E-state index < -0.39 is 0 Å². The standard InChI is InChI=1S/C33H21N5/c1-33(2)21-11-6-5-10-20(21)27-22(33)15-17-24-28(27)35-32-36(24)25-12-7-13-26-30(25)38(32)31-34-23-16-14-18-8-3-4-9-19(18)29(23)37(26)31/h3-17H,1-2H3. The molecule has 0 aliphatic heterocycles. The van der Waals surface area contributed by atoms with Crippen molar-refractivity contribution in [1.82, 2.24) is 23.2 Å². The maximum Gasteiger partial charge on any atom is 0.223 e. The maximum atomic E-state index is 5.40. The zero-order chi connectivity index (χ0) is 24.9. The zero-order valence-corrected chi connectivity index (χ0v) is 20.9. The van der Waals surface area contributed by atoms with E-state index in [9.17, 15) is 0 Å². The number of aromatic nitrogens is 5. The number of imidazole rings is 4. The Morgan fingerprint density at radius 2 is 1.37 bits per heavy atom. The van der Waals surface area contributed by atoms with Crippen LogP contribution in [0.15, 0.2) is 91.0 Å². The largest absolute Gasteiger partial charge is 0.276 e. The first-order valence-corrected chi connectivity index (χ1v) is 13.1. The Morgan fingerprint density at radius 3 is 2.29 bits per heavy atom. The van der Waals surface area contributed by atoms with Crippen LogP contribution in [0.25, 0.3) is 72.1 Å². The molecule has 1 aliphatic rings. The Labute approximate surface area is 216 Å². The van der Waals surface area contributed by atoms with E-state index in [0.717, 1.165) is 50.2 Å². The molecule has 0 unspecified atom stereocenters. The van der Waals surface area contributed by atoms with Gasteiger partial charge in [0.25, 0.3) is 0 Å². The third kappa shape index (κ3) is 1.92. The molecule has 5 aromatic carbocycles. The second kappa shape index (κ2) is 5.97. The van der Waals surface area contributed by atoms with Gasteiger partial charge in [0, 0.05) is 16.4 Å². The van der Waals surface area contributed by atoms with Gasteiger partial charge in [0.15, 0.2) is 0 Å². The number of hydrogen-bond donors (Lipinski definition) is 0. The Morgan fingerprint density at radius 1 is 0.579 bits per heavy atom. The zero-order valence-electron chi connectivity index (χ0n) is 20.9. The second-order valence-electron chi connectivity index (χ2n) is 11.2. The first kappa shape index (κ1) is 19.2. The quantitative estimate of drug-likeness (QED) is 0.221. The molecule has 0 atom stereocenters. The van der Waals surface area contributed by atoms with Crippen molar-refractivity contribution >= 4 is 60.9 Å². The summed E-state index contributed by atoms with van der Waals surface area (Å²) in [5.41, 5.74) is 13.1. The summed E-state index contributed by atoms with van der Waals surface area (Å²) in [4.78, 5) is 10.6. The Balaban J connectivity index is 1.44. The highest BCUT2D eigenvalue weighted by molar-refractivity contribution is 6.11. The fraction of sp³-hybridized carbons (Fsp3) is 0.0909. The van der Waals surface area contributed by atoms with Crippen molar-refractivity contribution in [3.05, 3.63) is 102 Å². The SMILES string of the molecule is CC1(C)c2ccccc2-c2c1ccc1c2nc2n1c1cccc3c1n2c1nc2ccc4ccccc4c2n31. The molecule has 0 spiro atoms. The van der Waals surface area contributed by atoms with Crippen molar-refractivity contribution in [2.75, 3.05) is 0 Å². The minimum absolute atomic E-state index is 0.0536. The van der Waals surface area contributed by atoms with E-state index in [1.54, 1.807) is 0 Å². The van der Waals surface area contributed by atoms with Gasteiger partial charge in [0.2, 0.25) is 11.6 Å². The van der Waals surface area contributed by atoms with Crippen LogP contribution in [-0.2, 0) is 5.41 Å². The van der Waals surface area contributed by atoms with E-state index in [0.29, 0.717) is 0 Å². The third-order valence-electron chi connectivity index (χ3n) is 8.97. The highest BCUT2D eigenvalue weighted by atomic mass is 15.3. The molecular weight excluding hydrogens is 466 g/mol. The summed E-state index contributed by atoms with van der Waals surface area (Å²) in [6, 6.07) is 32.8. The lowest BCUT2D eigenvalue weighted by atomic mass is 9.82. The number of para-hydroxylation sites is 1. The summed E-state index contributed by atoms with van der Waals surface area (Å²) in [5, 5.41) is 2.44. The molecule has 0 saturated carbocycles. The maximum absolute atomic E-state index is 5.40. The molecule has 5 heteroatoms. The smallest absolute Gasteiger partial charge is 0.223 e. The number of rotatable bonds is 0. The van der Waals surface area contributed by atoms with Crippen LogP contribution in [0.3, 0.4) is 0 Å².